The minimum absolute atomic E-state index is 0.0977. The Kier molecular flexibility index (Phi) is 3.56. The maximum atomic E-state index is 12.3. The van der Waals surface area contributed by atoms with E-state index in [4.69, 9.17) is 10.3 Å². The smallest absolute Gasteiger partial charge is 0.366 e. The van der Waals surface area contributed by atoms with E-state index in [1.54, 1.807) is 6.92 Å². The van der Waals surface area contributed by atoms with Gasteiger partial charge in [0.1, 0.15) is 5.41 Å². The molecule has 0 aromatic rings. The van der Waals surface area contributed by atoms with Gasteiger partial charge in [-0.15, -0.1) is 0 Å². The van der Waals surface area contributed by atoms with Crippen LogP contribution in [0.2, 0.25) is 0 Å². The number of carbonyl (C=O) groups excluding carboxylic acids is 2. The van der Waals surface area contributed by atoms with Crippen molar-refractivity contribution in [2.24, 2.45) is 5.41 Å². The van der Waals surface area contributed by atoms with E-state index < -0.39 is 22.8 Å². The predicted molar refractivity (Wildman–Crippen MR) is 65.4 cm³/mol. The predicted octanol–water partition coefficient (Wildman–Crippen LogP) is 0.875. The molecule has 0 spiro atoms. The monoisotopic (exact) mass is 266 g/mol. The van der Waals surface area contributed by atoms with Crippen LogP contribution < -0.4 is 0 Å². The molecular formula is C13H18N2O4. The lowest BCUT2D eigenvalue weighted by atomic mass is 9.55. The molecule has 0 aromatic heterocycles. The molecule has 2 atom stereocenters. The second-order valence-corrected chi connectivity index (χ2v) is 5.24. The standard InChI is InChI=1S/C13H18N2O4/c1-2-19-11(17)12-6-3-4-7-13(12,18)10(15-14)9(16)5-8-12/h18H,2-8H2,1H3/t12-,13-/m1/s1. The van der Waals surface area contributed by atoms with Gasteiger partial charge in [-0.1, -0.05) is 6.42 Å². The average Bonchev–Trinajstić information content (AvgIpc) is 2.38. The summed E-state index contributed by atoms with van der Waals surface area (Å²) in [5.41, 5.74) is 5.93. The van der Waals surface area contributed by atoms with Crippen molar-refractivity contribution >= 4 is 17.5 Å². The first-order valence-corrected chi connectivity index (χ1v) is 6.67. The van der Waals surface area contributed by atoms with Crippen molar-refractivity contribution in [3.8, 4) is 0 Å². The summed E-state index contributed by atoms with van der Waals surface area (Å²) in [4.78, 5) is 27.1. The fraction of sp³-hybridized carbons (Fsp3) is 0.769. The number of fused-ring (bicyclic) bond motifs is 1. The highest BCUT2D eigenvalue weighted by molar-refractivity contribution is 6.42. The molecule has 6 nitrogen and oxygen atoms in total. The number of ether oxygens (including phenoxy) is 1. The maximum absolute atomic E-state index is 12.3. The van der Waals surface area contributed by atoms with Gasteiger partial charge in [0.15, 0.2) is 5.60 Å². The highest BCUT2D eigenvalue weighted by Crippen LogP contribution is 2.51. The molecule has 0 bridgehead atoms. The second-order valence-electron chi connectivity index (χ2n) is 5.24. The van der Waals surface area contributed by atoms with Crippen LogP contribution in [-0.4, -0.2) is 39.6 Å². The van der Waals surface area contributed by atoms with E-state index in [1.807, 2.05) is 0 Å². The van der Waals surface area contributed by atoms with Gasteiger partial charge in [0.2, 0.25) is 5.78 Å². The van der Waals surface area contributed by atoms with Crippen LogP contribution in [0, 0.1) is 5.41 Å². The SMILES string of the molecule is CCOC(=O)[C@]12CCCC[C@@]1(O)C(=[N+]=[N-])C(=O)CC2. The fourth-order valence-corrected chi connectivity index (χ4v) is 3.39. The minimum atomic E-state index is -1.69. The van der Waals surface area contributed by atoms with Crippen molar-refractivity contribution in [3.63, 3.8) is 0 Å². The van der Waals surface area contributed by atoms with Crippen molar-refractivity contribution < 1.29 is 24.2 Å². The van der Waals surface area contributed by atoms with Crippen LogP contribution in [0.15, 0.2) is 0 Å². The fourth-order valence-electron chi connectivity index (χ4n) is 3.39. The minimum Gasteiger partial charge on any atom is -0.465 e. The molecule has 0 unspecified atom stereocenters. The molecule has 6 heteroatoms. The molecule has 2 fully saturated rings. The number of aliphatic hydroxyl groups is 1. The summed E-state index contributed by atoms with van der Waals surface area (Å²) in [5.74, 6) is -0.891. The first-order valence-electron chi connectivity index (χ1n) is 6.67. The number of nitrogens with zero attached hydrogens (tertiary/aromatic N) is 2. The average molecular weight is 266 g/mol. The van der Waals surface area contributed by atoms with E-state index >= 15 is 0 Å². The van der Waals surface area contributed by atoms with Crippen LogP contribution >= 0.6 is 0 Å². The number of Topliss-reactive ketones (excluding diaryl/α,β-unsaturated/α-hetero) is 1. The van der Waals surface area contributed by atoms with Crippen molar-refractivity contribution in [1.82, 2.24) is 0 Å². The zero-order chi connectivity index (χ0) is 14.1. The van der Waals surface area contributed by atoms with Crippen LogP contribution in [0.4, 0.5) is 0 Å². The Morgan fingerprint density at radius 2 is 2.11 bits per heavy atom. The number of hydrogen-bond donors (Lipinski definition) is 1. The Morgan fingerprint density at radius 3 is 2.74 bits per heavy atom. The van der Waals surface area contributed by atoms with Crippen LogP contribution in [-0.2, 0) is 14.3 Å². The number of rotatable bonds is 2. The number of hydrogen-bond acceptors (Lipinski definition) is 4. The first kappa shape index (κ1) is 13.9. The lowest BCUT2D eigenvalue weighted by molar-refractivity contribution is -0.183. The quantitative estimate of drug-likeness (QED) is 0.455. The Morgan fingerprint density at radius 1 is 1.42 bits per heavy atom. The summed E-state index contributed by atoms with van der Waals surface area (Å²) in [6, 6.07) is 0. The molecule has 2 aliphatic carbocycles. The third-order valence-corrected chi connectivity index (χ3v) is 4.38. The Hall–Kier alpha value is -1.52. The van der Waals surface area contributed by atoms with Crippen molar-refractivity contribution in [3.05, 3.63) is 5.53 Å². The summed E-state index contributed by atoms with van der Waals surface area (Å²) in [5, 5.41) is 10.9. The summed E-state index contributed by atoms with van der Waals surface area (Å²) in [6.45, 7) is 1.92. The van der Waals surface area contributed by atoms with Crippen LogP contribution in [0.3, 0.4) is 0 Å². The van der Waals surface area contributed by atoms with Gasteiger partial charge in [-0.25, -0.2) is 0 Å². The molecule has 1 N–H and O–H groups in total. The molecule has 0 saturated heterocycles. The second kappa shape index (κ2) is 4.87. The van der Waals surface area contributed by atoms with Crippen molar-refractivity contribution in [1.29, 1.82) is 0 Å². The van der Waals surface area contributed by atoms with Crippen LogP contribution in [0.25, 0.3) is 5.53 Å². The molecule has 2 aliphatic rings. The van der Waals surface area contributed by atoms with E-state index in [0.29, 0.717) is 12.8 Å². The Labute approximate surface area is 111 Å². The largest absolute Gasteiger partial charge is 0.465 e. The molecule has 104 valence electrons. The van der Waals surface area contributed by atoms with E-state index in [1.165, 1.54) is 0 Å². The molecule has 0 aliphatic heterocycles. The van der Waals surface area contributed by atoms with Gasteiger partial charge in [0.25, 0.3) is 0 Å². The van der Waals surface area contributed by atoms with Crippen molar-refractivity contribution in [2.75, 3.05) is 6.61 Å². The molecule has 0 aromatic carbocycles. The molecule has 0 heterocycles. The van der Waals surface area contributed by atoms with E-state index in [0.717, 1.165) is 6.42 Å². The van der Waals surface area contributed by atoms with Gasteiger partial charge in [0.05, 0.1) is 6.61 Å². The molecule has 2 saturated carbocycles. The lowest BCUT2D eigenvalue weighted by Gasteiger charge is -2.47. The van der Waals surface area contributed by atoms with Crippen LogP contribution in [0.1, 0.15) is 45.4 Å². The third-order valence-electron chi connectivity index (χ3n) is 4.38. The summed E-state index contributed by atoms with van der Waals surface area (Å²) >= 11 is 0. The van der Waals surface area contributed by atoms with Gasteiger partial charge in [-0.05, 0) is 32.6 Å². The molecular weight excluding hydrogens is 248 g/mol. The van der Waals surface area contributed by atoms with E-state index in [2.05, 4.69) is 4.79 Å². The maximum Gasteiger partial charge on any atom is 0.366 e. The normalized spacial score (nSPS) is 34.4. The van der Waals surface area contributed by atoms with Gasteiger partial charge in [0, 0.05) is 6.42 Å². The lowest BCUT2D eigenvalue weighted by Crippen LogP contribution is -2.65. The molecule has 19 heavy (non-hydrogen) atoms. The van der Waals surface area contributed by atoms with Gasteiger partial charge in [-0.3, -0.25) is 9.59 Å². The third kappa shape index (κ3) is 1.83. The summed E-state index contributed by atoms with van der Waals surface area (Å²) in [7, 11) is 0. The van der Waals surface area contributed by atoms with Crippen molar-refractivity contribution in [2.45, 2.75) is 51.0 Å². The molecule has 0 radical (unpaired) electrons. The van der Waals surface area contributed by atoms with E-state index in [9.17, 15) is 14.7 Å². The van der Waals surface area contributed by atoms with Crippen LogP contribution in [0.5, 0.6) is 0 Å². The Balaban J connectivity index is 2.51. The van der Waals surface area contributed by atoms with Gasteiger partial charge < -0.3 is 15.4 Å². The summed E-state index contributed by atoms with van der Waals surface area (Å²) < 4.78 is 5.09. The Bertz CT molecular complexity index is 469. The summed E-state index contributed by atoms with van der Waals surface area (Å²) in [6.07, 6.45) is 2.52. The first-order chi connectivity index (χ1) is 9.02. The van der Waals surface area contributed by atoms with Gasteiger partial charge >= 0.3 is 11.7 Å². The van der Waals surface area contributed by atoms with Gasteiger partial charge in [-0.2, -0.15) is 4.79 Å². The topological polar surface area (TPSA) is 100 Å². The number of esters is 1. The number of carbonyl (C=O) groups is 2. The molecule has 0 amide bonds. The highest BCUT2D eigenvalue weighted by atomic mass is 16.5. The highest BCUT2D eigenvalue weighted by Gasteiger charge is 2.68. The van der Waals surface area contributed by atoms with E-state index in [-0.39, 0.29) is 31.6 Å². The molecule has 2 rings (SSSR count). The zero-order valence-corrected chi connectivity index (χ0v) is 11.0. The zero-order valence-electron chi connectivity index (χ0n) is 11.0. The number of ketones is 1.